The molecular weight excluding hydrogens is 472 g/mol. The smallest absolute Gasteiger partial charge is 0.338 e. The van der Waals surface area contributed by atoms with Crippen LogP contribution < -0.4 is 0 Å². The Morgan fingerprint density at radius 2 is 1.06 bits per heavy atom. The molecule has 0 spiro atoms. The standard InChI is InChI=1S/C18H30O16/c19-1-4-7(22)8(23)12(27)17(31-4)34-15-6(3-21)32-18(13(28)10(15)25)33-14-5(2-20)30-16(29)11(26)9(14)24/h4-15,17-28H,1-3H2. The number of carbonyl (C=O) groups excluding carboxylic acids is 1. The summed E-state index contributed by atoms with van der Waals surface area (Å²) in [5, 5.41) is 99.2. The van der Waals surface area contributed by atoms with Gasteiger partial charge in [0.1, 0.15) is 61.0 Å². The minimum absolute atomic E-state index is 0.747. The van der Waals surface area contributed by atoms with Crippen LogP contribution in [-0.2, 0) is 28.5 Å². The maximum absolute atomic E-state index is 11.5. The first kappa shape index (κ1) is 27.5. The second-order valence-electron chi connectivity index (χ2n) is 8.20. The zero-order valence-corrected chi connectivity index (χ0v) is 17.6. The van der Waals surface area contributed by atoms with Crippen LogP contribution in [0.5, 0.6) is 0 Å². The van der Waals surface area contributed by atoms with E-state index in [0.29, 0.717) is 0 Å². The summed E-state index contributed by atoms with van der Waals surface area (Å²) in [5.74, 6) is -1.21. The molecule has 0 aromatic carbocycles. The molecule has 0 aliphatic carbocycles. The van der Waals surface area contributed by atoms with Crippen molar-refractivity contribution in [1.82, 2.24) is 0 Å². The van der Waals surface area contributed by atoms with E-state index < -0.39 is 112 Å². The van der Waals surface area contributed by atoms with E-state index in [0.717, 1.165) is 0 Å². The lowest BCUT2D eigenvalue weighted by atomic mass is 9.96. The van der Waals surface area contributed by atoms with Crippen LogP contribution in [0.3, 0.4) is 0 Å². The van der Waals surface area contributed by atoms with Crippen LogP contribution >= 0.6 is 0 Å². The van der Waals surface area contributed by atoms with Gasteiger partial charge in [-0.05, 0) is 0 Å². The molecule has 3 saturated heterocycles. The van der Waals surface area contributed by atoms with Crippen LogP contribution in [0.15, 0.2) is 0 Å². The van der Waals surface area contributed by atoms with E-state index >= 15 is 0 Å². The fourth-order valence-electron chi connectivity index (χ4n) is 3.96. The second kappa shape index (κ2) is 11.3. The number of cyclic esters (lactones) is 1. The molecule has 14 unspecified atom stereocenters. The molecule has 3 heterocycles. The first-order valence-electron chi connectivity index (χ1n) is 10.5. The molecule has 3 aliphatic heterocycles. The number of hydrogen-bond donors (Lipinski definition) is 10. The van der Waals surface area contributed by atoms with Crippen molar-refractivity contribution in [3.63, 3.8) is 0 Å². The molecule has 10 N–H and O–H groups in total. The quantitative estimate of drug-likeness (QED) is 0.145. The maximum Gasteiger partial charge on any atom is 0.338 e. The largest absolute Gasteiger partial charge is 0.455 e. The van der Waals surface area contributed by atoms with Gasteiger partial charge in [-0.3, -0.25) is 0 Å². The Balaban J connectivity index is 1.72. The van der Waals surface area contributed by atoms with E-state index in [2.05, 4.69) is 0 Å². The highest BCUT2D eigenvalue weighted by molar-refractivity contribution is 5.76. The summed E-state index contributed by atoms with van der Waals surface area (Å²) < 4.78 is 26.1. The van der Waals surface area contributed by atoms with Crippen LogP contribution in [0.25, 0.3) is 0 Å². The molecule has 0 aromatic heterocycles. The molecule has 0 radical (unpaired) electrons. The van der Waals surface area contributed by atoms with Crippen LogP contribution in [0.2, 0.25) is 0 Å². The van der Waals surface area contributed by atoms with Gasteiger partial charge in [-0.2, -0.15) is 0 Å². The first-order chi connectivity index (χ1) is 16.0. The van der Waals surface area contributed by atoms with Crippen molar-refractivity contribution >= 4 is 5.97 Å². The highest BCUT2D eigenvalue weighted by Crippen LogP contribution is 2.31. The van der Waals surface area contributed by atoms with E-state index in [1.54, 1.807) is 0 Å². The molecule has 0 saturated carbocycles. The van der Waals surface area contributed by atoms with Crippen molar-refractivity contribution in [3.05, 3.63) is 0 Å². The zero-order valence-electron chi connectivity index (χ0n) is 17.6. The van der Waals surface area contributed by atoms with Gasteiger partial charge in [0.15, 0.2) is 24.8 Å². The van der Waals surface area contributed by atoms with Gasteiger partial charge in [-0.15, -0.1) is 0 Å². The molecule has 198 valence electrons. The predicted octanol–water partition coefficient (Wildman–Crippen LogP) is -7.36. The molecule has 0 bridgehead atoms. The molecular formula is C18H30O16. The second-order valence-corrected chi connectivity index (χ2v) is 8.20. The summed E-state index contributed by atoms with van der Waals surface area (Å²) in [5.41, 5.74) is 0. The number of esters is 1. The Kier molecular flexibility index (Phi) is 9.15. The van der Waals surface area contributed by atoms with Crippen molar-refractivity contribution < 1.29 is 79.5 Å². The zero-order chi connectivity index (χ0) is 25.3. The number of carbonyl (C=O) groups is 1. The summed E-state index contributed by atoms with van der Waals surface area (Å²) in [6.45, 7) is -2.40. The van der Waals surface area contributed by atoms with Crippen molar-refractivity contribution in [2.45, 2.75) is 85.8 Å². The number of ether oxygens (including phenoxy) is 5. The average molecular weight is 502 g/mol. The number of rotatable bonds is 7. The van der Waals surface area contributed by atoms with Gasteiger partial charge in [-0.25, -0.2) is 4.79 Å². The Bertz CT molecular complexity index is 674. The van der Waals surface area contributed by atoms with E-state index in [-0.39, 0.29) is 0 Å². The summed E-state index contributed by atoms with van der Waals surface area (Å²) in [7, 11) is 0. The molecule has 0 amide bonds. The van der Waals surface area contributed by atoms with Crippen molar-refractivity contribution in [3.8, 4) is 0 Å². The summed E-state index contributed by atoms with van der Waals surface area (Å²) in [6, 6.07) is 0. The van der Waals surface area contributed by atoms with Gasteiger partial charge in [0.2, 0.25) is 0 Å². The van der Waals surface area contributed by atoms with Crippen LogP contribution in [0.1, 0.15) is 0 Å². The van der Waals surface area contributed by atoms with Crippen LogP contribution in [-0.4, -0.2) is 163 Å². The topological polar surface area (TPSA) is 266 Å². The lowest BCUT2D eigenvalue weighted by Gasteiger charge is -2.47. The molecule has 0 aromatic rings. The third kappa shape index (κ3) is 5.20. The molecule has 14 atom stereocenters. The minimum Gasteiger partial charge on any atom is -0.455 e. The molecule has 16 heteroatoms. The minimum atomic E-state index is -2.02. The Morgan fingerprint density at radius 3 is 1.59 bits per heavy atom. The van der Waals surface area contributed by atoms with Gasteiger partial charge in [0, 0.05) is 0 Å². The third-order valence-corrected chi connectivity index (χ3v) is 5.97. The van der Waals surface area contributed by atoms with Gasteiger partial charge < -0.3 is 74.7 Å². The first-order valence-corrected chi connectivity index (χ1v) is 10.5. The molecule has 3 rings (SSSR count). The van der Waals surface area contributed by atoms with Gasteiger partial charge in [0.25, 0.3) is 0 Å². The van der Waals surface area contributed by atoms with Gasteiger partial charge >= 0.3 is 5.97 Å². The van der Waals surface area contributed by atoms with Gasteiger partial charge in [0.05, 0.1) is 19.8 Å². The Hall–Kier alpha value is -1.09. The molecule has 3 fully saturated rings. The Morgan fingerprint density at radius 1 is 0.588 bits per heavy atom. The van der Waals surface area contributed by atoms with Gasteiger partial charge in [-0.1, -0.05) is 0 Å². The fraction of sp³-hybridized carbons (Fsp3) is 0.944. The average Bonchev–Trinajstić information content (AvgIpc) is 2.83. The maximum atomic E-state index is 11.5. The summed E-state index contributed by atoms with van der Waals surface area (Å²) >= 11 is 0. The molecule has 34 heavy (non-hydrogen) atoms. The monoisotopic (exact) mass is 502 g/mol. The number of aliphatic hydroxyl groups is 10. The van der Waals surface area contributed by atoms with Crippen molar-refractivity contribution in [1.29, 1.82) is 0 Å². The van der Waals surface area contributed by atoms with Crippen molar-refractivity contribution in [2.75, 3.05) is 19.8 Å². The van der Waals surface area contributed by atoms with Crippen LogP contribution in [0, 0.1) is 0 Å². The number of aliphatic hydroxyl groups excluding tert-OH is 10. The number of hydrogen-bond acceptors (Lipinski definition) is 16. The van der Waals surface area contributed by atoms with E-state index in [1.807, 2.05) is 0 Å². The van der Waals surface area contributed by atoms with Crippen LogP contribution in [0.4, 0.5) is 0 Å². The summed E-state index contributed by atoms with van der Waals surface area (Å²) in [6.07, 6.45) is -23.9. The van der Waals surface area contributed by atoms with Crippen molar-refractivity contribution in [2.24, 2.45) is 0 Å². The molecule has 16 nitrogen and oxygen atoms in total. The van der Waals surface area contributed by atoms with E-state index in [1.165, 1.54) is 0 Å². The lowest BCUT2D eigenvalue weighted by molar-refractivity contribution is -0.369. The van der Waals surface area contributed by atoms with E-state index in [4.69, 9.17) is 23.7 Å². The highest BCUT2D eigenvalue weighted by atomic mass is 16.7. The Labute approximate surface area is 192 Å². The fourth-order valence-corrected chi connectivity index (χ4v) is 3.96. The normalized spacial score (nSPS) is 50.1. The third-order valence-electron chi connectivity index (χ3n) is 5.97. The SMILES string of the molecule is O=C1OC(CO)C(OC2OC(CO)C(OC3OC(CO)C(O)C(O)C3O)C(O)C2O)C(O)C1O. The highest BCUT2D eigenvalue weighted by Gasteiger charge is 2.53. The summed E-state index contributed by atoms with van der Waals surface area (Å²) in [4.78, 5) is 11.5. The lowest BCUT2D eigenvalue weighted by Crippen LogP contribution is -2.66. The predicted molar refractivity (Wildman–Crippen MR) is 100 cm³/mol. The molecule has 3 aliphatic rings. The van der Waals surface area contributed by atoms with E-state index in [9.17, 15) is 55.9 Å².